The second kappa shape index (κ2) is 6.47. The molecule has 0 N–H and O–H groups in total. The Kier molecular flexibility index (Phi) is 4.66. The molecule has 0 radical (unpaired) electrons. The van der Waals surface area contributed by atoms with E-state index in [4.69, 9.17) is 9.26 Å². The fourth-order valence-corrected chi connectivity index (χ4v) is 1.64. The quantitative estimate of drug-likeness (QED) is 0.742. The number of ether oxygens (including phenoxy) is 1. The molecule has 0 aromatic carbocycles. The summed E-state index contributed by atoms with van der Waals surface area (Å²) in [5, 5.41) is 11.6. The second-order valence-corrected chi connectivity index (χ2v) is 5.13. The van der Waals surface area contributed by atoms with Crippen LogP contribution in [0.2, 0.25) is 0 Å². The SMILES string of the molecule is CCc1noc(Cn2nnc(C(=O)OCC(C)C)c2C)n1. The number of nitrogens with zero attached hydrogens (tertiary/aromatic N) is 5. The molecule has 0 spiro atoms. The van der Waals surface area contributed by atoms with Crippen LogP contribution >= 0.6 is 0 Å². The first-order chi connectivity index (χ1) is 10.0. The first-order valence-corrected chi connectivity index (χ1v) is 6.90. The van der Waals surface area contributed by atoms with Crippen molar-refractivity contribution in [3.05, 3.63) is 23.1 Å². The molecule has 0 unspecified atom stereocenters. The summed E-state index contributed by atoms with van der Waals surface area (Å²) >= 11 is 0. The van der Waals surface area contributed by atoms with Gasteiger partial charge in [-0.1, -0.05) is 31.1 Å². The zero-order valence-corrected chi connectivity index (χ0v) is 12.7. The summed E-state index contributed by atoms with van der Waals surface area (Å²) in [6.45, 7) is 8.27. The Labute approximate surface area is 122 Å². The third-order valence-electron chi connectivity index (χ3n) is 2.84. The van der Waals surface area contributed by atoms with Crippen LogP contribution in [0.1, 0.15) is 48.7 Å². The minimum Gasteiger partial charge on any atom is -0.461 e. The zero-order valence-electron chi connectivity index (χ0n) is 12.7. The van der Waals surface area contributed by atoms with Gasteiger partial charge in [-0.2, -0.15) is 4.98 Å². The Morgan fingerprint density at radius 2 is 2.19 bits per heavy atom. The normalized spacial score (nSPS) is 11.1. The van der Waals surface area contributed by atoms with Gasteiger partial charge in [0, 0.05) is 6.42 Å². The van der Waals surface area contributed by atoms with Crippen molar-refractivity contribution in [1.29, 1.82) is 0 Å². The summed E-state index contributed by atoms with van der Waals surface area (Å²) in [6.07, 6.45) is 0.701. The molecule has 2 aromatic heterocycles. The van der Waals surface area contributed by atoms with Gasteiger partial charge in [0.15, 0.2) is 11.5 Å². The molecule has 2 heterocycles. The Bertz CT molecular complexity index is 617. The predicted molar refractivity (Wildman–Crippen MR) is 72.7 cm³/mol. The van der Waals surface area contributed by atoms with Crippen LogP contribution in [0.4, 0.5) is 0 Å². The third-order valence-corrected chi connectivity index (χ3v) is 2.84. The molecule has 8 nitrogen and oxygen atoms in total. The summed E-state index contributed by atoms with van der Waals surface area (Å²) in [6, 6.07) is 0. The molecule has 0 bridgehead atoms. The molecule has 0 aliphatic heterocycles. The highest BCUT2D eigenvalue weighted by atomic mass is 16.5. The van der Waals surface area contributed by atoms with E-state index in [-0.39, 0.29) is 18.2 Å². The van der Waals surface area contributed by atoms with E-state index in [0.29, 0.717) is 30.4 Å². The fraction of sp³-hybridized carbons (Fsp3) is 0.615. The zero-order chi connectivity index (χ0) is 15.4. The topological polar surface area (TPSA) is 95.9 Å². The molecular weight excluding hydrogens is 274 g/mol. The molecule has 0 aliphatic rings. The van der Waals surface area contributed by atoms with E-state index in [1.54, 1.807) is 11.6 Å². The van der Waals surface area contributed by atoms with Crippen LogP contribution < -0.4 is 0 Å². The summed E-state index contributed by atoms with van der Waals surface area (Å²) in [5.41, 5.74) is 0.825. The summed E-state index contributed by atoms with van der Waals surface area (Å²) in [4.78, 5) is 16.1. The van der Waals surface area contributed by atoms with Crippen molar-refractivity contribution >= 4 is 5.97 Å². The monoisotopic (exact) mass is 293 g/mol. The van der Waals surface area contributed by atoms with Gasteiger partial charge >= 0.3 is 5.97 Å². The number of esters is 1. The van der Waals surface area contributed by atoms with E-state index in [1.807, 2.05) is 20.8 Å². The maximum absolute atomic E-state index is 11.9. The number of aromatic nitrogens is 5. The van der Waals surface area contributed by atoms with Gasteiger partial charge in [-0.05, 0) is 12.8 Å². The van der Waals surface area contributed by atoms with Gasteiger partial charge in [0.05, 0.1) is 12.3 Å². The van der Waals surface area contributed by atoms with Crippen molar-refractivity contribution in [3.8, 4) is 0 Å². The standard InChI is InChI=1S/C13H19N5O3/c1-5-10-14-11(21-16-10)6-18-9(4)12(15-17-18)13(19)20-7-8(2)3/h8H,5-7H2,1-4H3. The maximum atomic E-state index is 11.9. The van der Waals surface area contributed by atoms with Gasteiger partial charge in [0.2, 0.25) is 5.89 Å². The predicted octanol–water partition coefficient (Wildman–Crippen LogP) is 1.39. The van der Waals surface area contributed by atoms with E-state index in [0.717, 1.165) is 0 Å². The smallest absolute Gasteiger partial charge is 0.360 e. The molecule has 0 amide bonds. The lowest BCUT2D eigenvalue weighted by molar-refractivity contribution is 0.0451. The third kappa shape index (κ3) is 3.65. The van der Waals surface area contributed by atoms with Crippen molar-refractivity contribution in [1.82, 2.24) is 25.1 Å². The highest BCUT2D eigenvalue weighted by molar-refractivity contribution is 5.88. The van der Waals surface area contributed by atoms with Crippen molar-refractivity contribution in [2.75, 3.05) is 6.61 Å². The minimum absolute atomic E-state index is 0.214. The largest absolute Gasteiger partial charge is 0.461 e. The molecule has 114 valence electrons. The van der Waals surface area contributed by atoms with Gasteiger partial charge in [0.25, 0.3) is 0 Å². The number of aryl methyl sites for hydroxylation is 1. The number of hydrogen-bond acceptors (Lipinski definition) is 7. The van der Waals surface area contributed by atoms with Gasteiger partial charge < -0.3 is 9.26 Å². The summed E-state index contributed by atoms with van der Waals surface area (Å²) in [7, 11) is 0. The average molecular weight is 293 g/mol. The fourth-order valence-electron chi connectivity index (χ4n) is 1.64. The molecule has 21 heavy (non-hydrogen) atoms. The Morgan fingerprint density at radius 3 is 2.81 bits per heavy atom. The van der Waals surface area contributed by atoms with Crippen LogP contribution in [-0.2, 0) is 17.7 Å². The number of rotatable bonds is 6. The van der Waals surface area contributed by atoms with Crippen molar-refractivity contribution < 1.29 is 14.1 Å². The van der Waals surface area contributed by atoms with E-state index < -0.39 is 5.97 Å². The van der Waals surface area contributed by atoms with Gasteiger partial charge in [-0.25, -0.2) is 9.48 Å². The lowest BCUT2D eigenvalue weighted by atomic mass is 10.2. The molecule has 0 aliphatic carbocycles. The lowest BCUT2D eigenvalue weighted by Gasteiger charge is -2.05. The van der Waals surface area contributed by atoms with Crippen molar-refractivity contribution in [3.63, 3.8) is 0 Å². The first kappa shape index (κ1) is 15.1. The summed E-state index contributed by atoms with van der Waals surface area (Å²) < 4.78 is 11.8. The number of carbonyl (C=O) groups excluding carboxylic acids is 1. The van der Waals surface area contributed by atoms with Crippen LogP contribution in [0.25, 0.3) is 0 Å². The number of carbonyl (C=O) groups is 1. The minimum atomic E-state index is -0.466. The first-order valence-electron chi connectivity index (χ1n) is 6.90. The Balaban J connectivity index is 2.07. The van der Waals surface area contributed by atoms with Gasteiger partial charge in [0.1, 0.15) is 6.54 Å². The van der Waals surface area contributed by atoms with E-state index in [2.05, 4.69) is 20.5 Å². The molecule has 8 heteroatoms. The highest BCUT2D eigenvalue weighted by Gasteiger charge is 2.19. The maximum Gasteiger partial charge on any atom is 0.360 e. The van der Waals surface area contributed by atoms with E-state index >= 15 is 0 Å². The molecule has 0 saturated heterocycles. The molecule has 0 saturated carbocycles. The van der Waals surface area contributed by atoms with E-state index in [1.165, 1.54) is 0 Å². The Morgan fingerprint density at radius 1 is 1.43 bits per heavy atom. The highest BCUT2D eigenvalue weighted by Crippen LogP contribution is 2.09. The van der Waals surface area contributed by atoms with Crippen LogP contribution in [0.15, 0.2) is 4.52 Å². The van der Waals surface area contributed by atoms with Gasteiger partial charge in [-0.15, -0.1) is 5.10 Å². The van der Waals surface area contributed by atoms with Crippen molar-refractivity contribution in [2.24, 2.45) is 5.92 Å². The van der Waals surface area contributed by atoms with Crippen LogP contribution in [0.5, 0.6) is 0 Å². The molecule has 2 rings (SSSR count). The molecular formula is C13H19N5O3. The van der Waals surface area contributed by atoms with Crippen LogP contribution in [0, 0.1) is 12.8 Å². The molecule has 0 fully saturated rings. The van der Waals surface area contributed by atoms with Crippen LogP contribution in [0.3, 0.4) is 0 Å². The van der Waals surface area contributed by atoms with Gasteiger partial charge in [-0.3, -0.25) is 0 Å². The van der Waals surface area contributed by atoms with E-state index in [9.17, 15) is 4.79 Å². The lowest BCUT2D eigenvalue weighted by Crippen LogP contribution is -2.12. The van der Waals surface area contributed by atoms with Crippen molar-refractivity contribution in [2.45, 2.75) is 40.7 Å². The molecule has 0 atom stereocenters. The summed E-state index contributed by atoms with van der Waals surface area (Å²) in [5.74, 6) is 0.878. The molecule has 2 aromatic rings. The number of hydrogen-bond donors (Lipinski definition) is 0. The second-order valence-electron chi connectivity index (χ2n) is 5.13. The van der Waals surface area contributed by atoms with Crippen LogP contribution in [-0.4, -0.2) is 37.7 Å². The average Bonchev–Trinajstić information content (AvgIpc) is 3.04. The Hall–Kier alpha value is -2.25.